The van der Waals surface area contributed by atoms with E-state index in [2.05, 4.69) is 25.6 Å². The smallest absolute Gasteiger partial charge is 0.267 e. The summed E-state index contributed by atoms with van der Waals surface area (Å²) in [6.07, 6.45) is 5.27. The highest BCUT2D eigenvalue weighted by atomic mass is 16.2. The van der Waals surface area contributed by atoms with E-state index in [1.165, 1.54) is 6.07 Å². The SMILES string of the molecule is Cc1ccc(=O)n(CC(=O)NCc2cccc(-c3[nH]ncc3-c3ccncc3)c2)n1. The molecule has 0 saturated carbocycles. The van der Waals surface area contributed by atoms with Crippen molar-refractivity contribution < 1.29 is 4.79 Å². The van der Waals surface area contributed by atoms with Crippen molar-refractivity contribution in [3.63, 3.8) is 0 Å². The Labute approximate surface area is 172 Å². The van der Waals surface area contributed by atoms with Crippen LogP contribution in [-0.2, 0) is 17.9 Å². The molecule has 0 bridgehead atoms. The molecule has 0 aliphatic rings. The van der Waals surface area contributed by atoms with Gasteiger partial charge in [0.15, 0.2) is 0 Å². The molecule has 150 valence electrons. The Bertz CT molecular complexity index is 1230. The molecule has 0 fully saturated rings. The van der Waals surface area contributed by atoms with Crippen LogP contribution in [0.2, 0.25) is 0 Å². The predicted molar refractivity (Wildman–Crippen MR) is 112 cm³/mol. The molecule has 2 N–H and O–H groups in total. The van der Waals surface area contributed by atoms with Crippen LogP contribution >= 0.6 is 0 Å². The molecule has 30 heavy (non-hydrogen) atoms. The Morgan fingerprint density at radius 1 is 1.10 bits per heavy atom. The van der Waals surface area contributed by atoms with Crippen molar-refractivity contribution in [1.82, 2.24) is 30.3 Å². The Morgan fingerprint density at radius 2 is 1.93 bits per heavy atom. The lowest BCUT2D eigenvalue weighted by Gasteiger charge is -2.09. The Morgan fingerprint density at radius 3 is 2.77 bits per heavy atom. The first-order valence-electron chi connectivity index (χ1n) is 9.45. The van der Waals surface area contributed by atoms with Gasteiger partial charge >= 0.3 is 0 Å². The highest BCUT2D eigenvalue weighted by Crippen LogP contribution is 2.30. The summed E-state index contributed by atoms with van der Waals surface area (Å²) in [6, 6.07) is 14.7. The average Bonchev–Trinajstić information content (AvgIpc) is 3.26. The summed E-state index contributed by atoms with van der Waals surface area (Å²) < 4.78 is 1.16. The molecule has 3 aromatic heterocycles. The van der Waals surface area contributed by atoms with Crippen LogP contribution in [0.5, 0.6) is 0 Å². The summed E-state index contributed by atoms with van der Waals surface area (Å²) in [7, 11) is 0. The fourth-order valence-electron chi connectivity index (χ4n) is 3.15. The topological polar surface area (TPSA) is 106 Å². The van der Waals surface area contributed by atoms with Gasteiger partial charge in [-0.15, -0.1) is 0 Å². The second-order valence-corrected chi connectivity index (χ2v) is 6.84. The molecule has 0 unspecified atom stereocenters. The standard InChI is InChI=1S/C22H20N6O2/c1-15-5-6-21(30)28(27-15)14-20(29)24-12-16-3-2-4-18(11-16)22-19(13-25-26-22)17-7-9-23-10-8-17/h2-11,13H,12,14H2,1H3,(H,24,29)(H,25,26). The van der Waals surface area contributed by atoms with Crippen LogP contribution in [0.4, 0.5) is 0 Å². The van der Waals surface area contributed by atoms with Gasteiger partial charge in [0.1, 0.15) is 6.54 Å². The van der Waals surface area contributed by atoms with Crippen LogP contribution < -0.4 is 10.9 Å². The molecular weight excluding hydrogens is 380 g/mol. The van der Waals surface area contributed by atoms with E-state index in [1.54, 1.807) is 31.6 Å². The number of aryl methyl sites for hydroxylation is 1. The van der Waals surface area contributed by atoms with Crippen LogP contribution in [0.15, 0.2) is 71.9 Å². The lowest BCUT2D eigenvalue weighted by molar-refractivity contribution is -0.122. The summed E-state index contributed by atoms with van der Waals surface area (Å²) in [5.41, 5.74) is 5.15. The second-order valence-electron chi connectivity index (χ2n) is 6.84. The number of aromatic nitrogens is 5. The Hall–Kier alpha value is -4.07. The fraction of sp³-hybridized carbons (Fsp3) is 0.136. The van der Waals surface area contributed by atoms with Crippen LogP contribution in [0, 0.1) is 6.92 Å². The number of aromatic amines is 1. The van der Waals surface area contributed by atoms with Gasteiger partial charge in [-0.1, -0.05) is 18.2 Å². The van der Waals surface area contributed by atoms with E-state index < -0.39 is 0 Å². The van der Waals surface area contributed by atoms with E-state index in [-0.39, 0.29) is 18.0 Å². The number of amides is 1. The number of rotatable bonds is 6. The molecule has 3 heterocycles. The molecule has 0 radical (unpaired) electrons. The van der Waals surface area contributed by atoms with E-state index in [9.17, 15) is 9.59 Å². The molecule has 0 saturated heterocycles. The number of pyridine rings is 1. The van der Waals surface area contributed by atoms with Gasteiger partial charge in [0, 0.05) is 36.1 Å². The number of H-pyrrole nitrogens is 1. The molecule has 1 aromatic carbocycles. The number of hydrogen-bond donors (Lipinski definition) is 2. The quantitative estimate of drug-likeness (QED) is 0.517. The van der Waals surface area contributed by atoms with Crippen molar-refractivity contribution in [2.24, 2.45) is 0 Å². The number of nitrogens with one attached hydrogen (secondary N) is 2. The van der Waals surface area contributed by atoms with Gasteiger partial charge in [-0.05, 0) is 42.3 Å². The molecule has 4 aromatic rings. The van der Waals surface area contributed by atoms with Gasteiger partial charge in [0.05, 0.1) is 17.6 Å². The van der Waals surface area contributed by atoms with E-state index in [4.69, 9.17) is 0 Å². The zero-order valence-electron chi connectivity index (χ0n) is 16.4. The van der Waals surface area contributed by atoms with Gasteiger partial charge in [-0.25, -0.2) is 4.68 Å². The minimum absolute atomic E-state index is 0.118. The third-order valence-corrected chi connectivity index (χ3v) is 4.63. The van der Waals surface area contributed by atoms with Crippen LogP contribution in [0.1, 0.15) is 11.3 Å². The highest BCUT2D eigenvalue weighted by Gasteiger charge is 2.11. The zero-order valence-corrected chi connectivity index (χ0v) is 16.4. The molecule has 8 nitrogen and oxygen atoms in total. The fourth-order valence-corrected chi connectivity index (χ4v) is 3.15. The number of hydrogen-bond acceptors (Lipinski definition) is 5. The number of carbonyl (C=O) groups excluding carboxylic acids is 1. The first kappa shape index (κ1) is 19.3. The maximum absolute atomic E-state index is 12.3. The second kappa shape index (κ2) is 8.52. The number of benzene rings is 1. The van der Waals surface area contributed by atoms with Crippen molar-refractivity contribution in [3.8, 4) is 22.4 Å². The molecule has 0 atom stereocenters. The monoisotopic (exact) mass is 400 g/mol. The lowest BCUT2D eigenvalue weighted by atomic mass is 10.0. The minimum atomic E-state index is -0.305. The maximum atomic E-state index is 12.3. The highest BCUT2D eigenvalue weighted by molar-refractivity contribution is 5.80. The molecule has 4 rings (SSSR count). The van der Waals surface area contributed by atoms with Gasteiger partial charge < -0.3 is 5.32 Å². The summed E-state index contributed by atoms with van der Waals surface area (Å²) in [5, 5.41) is 14.2. The van der Waals surface area contributed by atoms with Gasteiger partial charge in [0.2, 0.25) is 5.91 Å². The van der Waals surface area contributed by atoms with E-state index in [1.807, 2.05) is 36.4 Å². The molecule has 8 heteroatoms. The number of nitrogens with zero attached hydrogens (tertiary/aromatic N) is 4. The summed E-state index contributed by atoms with van der Waals surface area (Å²) in [5.74, 6) is -0.278. The van der Waals surface area contributed by atoms with Crippen molar-refractivity contribution in [1.29, 1.82) is 0 Å². The zero-order chi connectivity index (χ0) is 20.9. The third kappa shape index (κ3) is 4.33. The van der Waals surface area contributed by atoms with Gasteiger partial charge in [0.25, 0.3) is 5.56 Å². The van der Waals surface area contributed by atoms with E-state index in [0.717, 1.165) is 32.6 Å². The first-order chi connectivity index (χ1) is 14.6. The van der Waals surface area contributed by atoms with Gasteiger partial charge in [-0.3, -0.25) is 19.7 Å². The summed E-state index contributed by atoms with van der Waals surface area (Å²) in [6.45, 7) is 1.99. The van der Waals surface area contributed by atoms with E-state index in [0.29, 0.717) is 12.2 Å². The van der Waals surface area contributed by atoms with Crippen LogP contribution in [0.25, 0.3) is 22.4 Å². The largest absolute Gasteiger partial charge is 0.350 e. The molecular formula is C22H20N6O2. The van der Waals surface area contributed by atoms with Crippen molar-refractivity contribution in [3.05, 3.63) is 88.7 Å². The van der Waals surface area contributed by atoms with Crippen LogP contribution in [0.3, 0.4) is 0 Å². The Balaban J connectivity index is 1.47. The van der Waals surface area contributed by atoms with Crippen molar-refractivity contribution in [2.75, 3.05) is 0 Å². The normalized spacial score (nSPS) is 10.7. The molecule has 1 amide bonds. The lowest BCUT2D eigenvalue weighted by Crippen LogP contribution is -2.33. The molecule has 0 aliphatic carbocycles. The summed E-state index contributed by atoms with van der Waals surface area (Å²) in [4.78, 5) is 28.1. The molecule has 0 spiro atoms. The van der Waals surface area contributed by atoms with Crippen LogP contribution in [-0.4, -0.2) is 30.9 Å². The van der Waals surface area contributed by atoms with Crippen molar-refractivity contribution in [2.45, 2.75) is 20.0 Å². The van der Waals surface area contributed by atoms with Gasteiger partial charge in [-0.2, -0.15) is 10.2 Å². The first-order valence-corrected chi connectivity index (χ1v) is 9.45. The third-order valence-electron chi connectivity index (χ3n) is 4.63. The predicted octanol–water partition coefficient (Wildman–Crippen LogP) is 2.32. The maximum Gasteiger partial charge on any atom is 0.267 e. The number of carbonyl (C=O) groups is 1. The Kier molecular flexibility index (Phi) is 5.47. The van der Waals surface area contributed by atoms with E-state index >= 15 is 0 Å². The average molecular weight is 400 g/mol. The minimum Gasteiger partial charge on any atom is -0.350 e. The van der Waals surface area contributed by atoms with Crippen molar-refractivity contribution >= 4 is 5.91 Å². The summed E-state index contributed by atoms with van der Waals surface area (Å²) >= 11 is 0. The molecule has 0 aliphatic heterocycles.